The molecule has 0 amide bonds. The Bertz CT molecular complexity index is 191. The van der Waals surface area contributed by atoms with Crippen molar-refractivity contribution in [3.8, 4) is 0 Å². The highest BCUT2D eigenvalue weighted by atomic mass is 16.3. The predicted octanol–water partition coefficient (Wildman–Crippen LogP) is 2.95. The molecule has 2 heteroatoms. The number of hydrogen-bond acceptors (Lipinski definition) is 2. The van der Waals surface area contributed by atoms with E-state index in [1.165, 1.54) is 32.1 Å². The third kappa shape index (κ3) is 4.42. The second-order valence-electron chi connectivity index (χ2n) is 5.83. The normalized spacial score (nSPS) is 30.0. The summed E-state index contributed by atoms with van der Waals surface area (Å²) in [6.45, 7) is 8.54. The lowest BCUT2D eigenvalue weighted by Gasteiger charge is -2.38. The molecule has 0 bridgehead atoms. The van der Waals surface area contributed by atoms with Gasteiger partial charge < -0.3 is 10.4 Å². The van der Waals surface area contributed by atoms with Gasteiger partial charge in [0.25, 0.3) is 0 Å². The molecule has 1 rings (SSSR count). The topological polar surface area (TPSA) is 32.3 Å². The van der Waals surface area contributed by atoms with Crippen molar-refractivity contribution >= 4 is 0 Å². The Morgan fingerprint density at radius 2 is 2.06 bits per heavy atom. The average Bonchev–Trinajstić information content (AvgIpc) is 2.24. The van der Waals surface area contributed by atoms with Gasteiger partial charge in [0.05, 0.1) is 5.60 Å². The molecule has 1 aliphatic carbocycles. The van der Waals surface area contributed by atoms with E-state index < -0.39 is 5.60 Å². The first kappa shape index (κ1) is 14.0. The lowest BCUT2D eigenvalue weighted by Crippen LogP contribution is -2.40. The van der Waals surface area contributed by atoms with Crippen LogP contribution in [0.25, 0.3) is 0 Å². The van der Waals surface area contributed by atoms with E-state index in [0.717, 1.165) is 25.4 Å². The van der Waals surface area contributed by atoms with Crippen LogP contribution in [0.5, 0.6) is 0 Å². The number of aliphatic hydroxyl groups is 1. The Labute approximate surface area is 101 Å². The first-order chi connectivity index (χ1) is 7.56. The molecule has 16 heavy (non-hydrogen) atoms. The summed E-state index contributed by atoms with van der Waals surface area (Å²) in [5, 5.41) is 13.9. The zero-order valence-corrected chi connectivity index (χ0v) is 11.3. The van der Waals surface area contributed by atoms with E-state index in [-0.39, 0.29) is 0 Å². The summed E-state index contributed by atoms with van der Waals surface area (Å²) >= 11 is 0. The largest absolute Gasteiger partial charge is 0.390 e. The molecule has 0 radical (unpaired) electrons. The third-order valence-corrected chi connectivity index (χ3v) is 4.05. The molecule has 0 aromatic carbocycles. The molecular weight excluding hydrogens is 198 g/mol. The maximum atomic E-state index is 10.5. The first-order valence-electron chi connectivity index (χ1n) is 6.99. The Morgan fingerprint density at radius 3 is 2.69 bits per heavy atom. The van der Waals surface area contributed by atoms with E-state index in [1.54, 1.807) is 0 Å². The zero-order valence-electron chi connectivity index (χ0n) is 11.3. The van der Waals surface area contributed by atoms with Crippen molar-refractivity contribution in [1.82, 2.24) is 5.32 Å². The van der Waals surface area contributed by atoms with E-state index in [4.69, 9.17) is 0 Å². The maximum Gasteiger partial charge on any atom is 0.0660 e. The fraction of sp³-hybridized carbons (Fsp3) is 1.00. The van der Waals surface area contributed by atoms with Crippen LogP contribution in [0.4, 0.5) is 0 Å². The minimum atomic E-state index is -0.463. The summed E-state index contributed by atoms with van der Waals surface area (Å²) in [5.74, 6) is 1.31. The first-order valence-corrected chi connectivity index (χ1v) is 6.99. The van der Waals surface area contributed by atoms with Crippen molar-refractivity contribution in [3.05, 3.63) is 0 Å². The van der Waals surface area contributed by atoms with Crippen molar-refractivity contribution < 1.29 is 5.11 Å². The molecule has 0 heterocycles. The predicted molar refractivity (Wildman–Crippen MR) is 69.5 cm³/mol. The Kier molecular flexibility index (Phi) is 5.77. The molecule has 96 valence electrons. The standard InChI is InChI=1S/C14H29NO/c1-4-9-15-10-8-14(3,16)13-7-5-6-12(2)11-13/h12-13,15-16H,4-11H2,1-3H3. The van der Waals surface area contributed by atoms with Gasteiger partial charge in [-0.3, -0.25) is 0 Å². The van der Waals surface area contributed by atoms with Crippen LogP contribution in [0.3, 0.4) is 0 Å². The lowest BCUT2D eigenvalue weighted by molar-refractivity contribution is -0.0304. The fourth-order valence-corrected chi connectivity index (χ4v) is 2.85. The van der Waals surface area contributed by atoms with Gasteiger partial charge in [0.15, 0.2) is 0 Å². The van der Waals surface area contributed by atoms with Crippen LogP contribution >= 0.6 is 0 Å². The molecule has 0 aromatic rings. The van der Waals surface area contributed by atoms with Crippen molar-refractivity contribution in [2.24, 2.45) is 11.8 Å². The second kappa shape index (κ2) is 6.61. The van der Waals surface area contributed by atoms with Crippen LogP contribution < -0.4 is 5.32 Å². The molecular formula is C14H29NO. The number of nitrogens with one attached hydrogen (secondary N) is 1. The summed E-state index contributed by atoms with van der Waals surface area (Å²) < 4.78 is 0. The van der Waals surface area contributed by atoms with Gasteiger partial charge in [0.2, 0.25) is 0 Å². The molecule has 2 N–H and O–H groups in total. The van der Waals surface area contributed by atoms with Gasteiger partial charge in [-0.05, 0) is 57.5 Å². The van der Waals surface area contributed by atoms with Gasteiger partial charge in [-0.2, -0.15) is 0 Å². The molecule has 1 aliphatic rings. The highest BCUT2D eigenvalue weighted by Gasteiger charge is 2.34. The third-order valence-electron chi connectivity index (χ3n) is 4.05. The van der Waals surface area contributed by atoms with E-state index in [0.29, 0.717) is 5.92 Å². The average molecular weight is 227 g/mol. The SMILES string of the molecule is CCCNCCC(C)(O)C1CCCC(C)C1. The fourth-order valence-electron chi connectivity index (χ4n) is 2.85. The van der Waals surface area contributed by atoms with Crippen LogP contribution in [0.1, 0.15) is 59.3 Å². The minimum Gasteiger partial charge on any atom is -0.390 e. The smallest absolute Gasteiger partial charge is 0.0660 e. The van der Waals surface area contributed by atoms with Gasteiger partial charge in [-0.1, -0.05) is 26.7 Å². The lowest BCUT2D eigenvalue weighted by atomic mass is 9.73. The van der Waals surface area contributed by atoms with E-state index in [1.807, 2.05) is 6.92 Å². The number of rotatable bonds is 6. The van der Waals surface area contributed by atoms with Crippen molar-refractivity contribution in [1.29, 1.82) is 0 Å². The van der Waals surface area contributed by atoms with Gasteiger partial charge in [0, 0.05) is 0 Å². The summed E-state index contributed by atoms with van der Waals surface area (Å²) in [7, 11) is 0. The molecule has 2 nitrogen and oxygen atoms in total. The summed E-state index contributed by atoms with van der Waals surface area (Å²) in [4.78, 5) is 0. The van der Waals surface area contributed by atoms with Crippen molar-refractivity contribution in [3.63, 3.8) is 0 Å². The summed E-state index contributed by atoms with van der Waals surface area (Å²) in [6.07, 6.45) is 7.13. The zero-order chi connectivity index (χ0) is 12.0. The van der Waals surface area contributed by atoms with Crippen LogP contribution in [-0.4, -0.2) is 23.8 Å². The quantitative estimate of drug-likeness (QED) is 0.684. The van der Waals surface area contributed by atoms with E-state index in [9.17, 15) is 5.11 Å². The van der Waals surface area contributed by atoms with Crippen molar-refractivity contribution in [2.45, 2.75) is 64.9 Å². The molecule has 0 aliphatic heterocycles. The number of hydrogen-bond donors (Lipinski definition) is 2. The van der Waals surface area contributed by atoms with Crippen molar-refractivity contribution in [2.75, 3.05) is 13.1 Å². The summed E-state index contributed by atoms with van der Waals surface area (Å²) in [6, 6.07) is 0. The summed E-state index contributed by atoms with van der Waals surface area (Å²) in [5.41, 5.74) is -0.463. The molecule has 0 aromatic heterocycles. The van der Waals surface area contributed by atoms with Crippen LogP contribution in [0.2, 0.25) is 0 Å². The monoisotopic (exact) mass is 227 g/mol. The molecule has 1 saturated carbocycles. The maximum absolute atomic E-state index is 10.5. The highest BCUT2D eigenvalue weighted by Crippen LogP contribution is 2.36. The highest BCUT2D eigenvalue weighted by molar-refractivity contribution is 4.86. The van der Waals surface area contributed by atoms with E-state index >= 15 is 0 Å². The molecule has 3 unspecified atom stereocenters. The van der Waals surface area contributed by atoms with Gasteiger partial charge in [0.1, 0.15) is 0 Å². The Morgan fingerprint density at radius 1 is 1.31 bits per heavy atom. The van der Waals surface area contributed by atoms with Crippen LogP contribution in [0, 0.1) is 11.8 Å². The van der Waals surface area contributed by atoms with Crippen LogP contribution in [-0.2, 0) is 0 Å². The van der Waals surface area contributed by atoms with Crippen LogP contribution in [0.15, 0.2) is 0 Å². The Hall–Kier alpha value is -0.0800. The Balaban J connectivity index is 2.30. The molecule has 0 spiro atoms. The molecule has 1 fully saturated rings. The molecule has 3 atom stereocenters. The second-order valence-corrected chi connectivity index (χ2v) is 5.83. The van der Waals surface area contributed by atoms with Gasteiger partial charge >= 0.3 is 0 Å². The van der Waals surface area contributed by atoms with Gasteiger partial charge in [-0.15, -0.1) is 0 Å². The van der Waals surface area contributed by atoms with Gasteiger partial charge in [-0.25, -0.2) is 0 Å². The van der Waals surface area contributed by atoms with E-state index in [2.05, 4.69) is 19.2 Å². The minimum absolute atomic E-state index is 0.463. The molecule has 0 saturated heterocycles.